The fourth-order valence-electron chi connectivity index (χ4n) is 3.09. The highest BCUT2D eigenvalue weighted by Gasteiger charge is 2.30. The zero-order valence-electron chi connectivity index (χ0n) is 14.2. The Hall–Kier alpha value is -2.10. The van der Waals surface area contributed by atoms with Crippen LogP contribution in [0.15, 0.2) is 36.5 Å². The smallest absolute Gasteiger partial charge is 0.227 e. The summed E-state index contributed by atoms with van der Waals surface area (Å²) in [5.41, 5.74) is 1.79. The quantitative estimate of drug-likeness (QED) is 0.920. The van der Waals surface area contributed by atoms with Crippen LogP contribution in [0.1, 0.15) is 33.6 Å². The fraction of sp³-hybridized carbons (Fsp3) is 0.474. The summed E-state index contributed by atoms with van der Waals surface area (Å²) in [5.74, 6) is 0.253. The number of nitrogens with one attached hydrogen (secondary N) is 1. The molecule has 3 rings (SSSR count). The van der Waals surface area contributed by atoms with Crippen LogP contribution < -0.4 is 5.32 Å². The van der Waals surface area contributed by atoms with Crippen molar-refractivity contribution in [1.82, 2.24) is 9.88 Å². The van der Waals surface area contributed by atoms with Gasteiger partial charge in [0, 0.05) is 29.9 Å². The molecule has 122 valence electrons. The van der Waals surface area contributed by atoms with Gasteiger partial charge in [0.1, 0.15) is 0 Å². The van der Waals surface area contributed by atoms with Crippen LogP contribution in [0.3, 0.4) is 0 Å². The molecule has 0 aliphatic carbocycles. The van der Waals surface area contributed by atoms with E-state index in [1.54, 1.807) is 0 Å². The minimum Gasteiger partial charge on any atom is -0.381 e. The number of amides is 1. The van der Waals surface area contributed by atoms with Crippen molar-refractivity contribution >= 4 is 22.5 Å². The van der Waals surface area contributed by atoms with E-state index in [0.29, 0.717) is 6.04 Å². The summed E-state index contributed by atoms with van der Waals surface area (Å²) < 4.78 is 0. The average molecular weight is 311 g/mol. The van der Waals surface area contributed by atoms with E-state index in [2.05, 4.69) is 22.4 Å². The van der Waals surface area contributed by atoms with E-state index in [4.69, 9.17) is 0 Å². The molecule has 4 nitrogen and oxygen atoms in total. The second-order valence-electron chi connectivity index (χ2n) is 7.38. The van der Waals surface area contributed by atoms with Gasteiger partial charge in [-0.15, -0.1) is 0 Å². The Morgan fingerprint density at radius 1 is 1.22 bits per heavy atom. The van der Waals surface area contributed by atoms with Crippen molar-refractivity contribution in [3.05, 3.63) is 36.5 Å². The molecule has 0 atom stereocenters. The zero-order valence-corrected chi connectivity index (χ0v) is 14.2. The Kier molecular flexibility index (Phi) is 4.24. The Bertz CT molecular complexity index is 697. The number of likely N-dealkylation sites (tertiary alicyclic amines) is 1. The number of rotatable bonds is 2. The normalized spacial score (nSPS) is 16.6. The minimum absolute atomic E-state index is 0.253. The molecule has 1 aliphatic rings. The van der Waals surface area contributed by atoms with E-state index >= 15 is 0 Å². The highest BCUT2D eigenvalue weighted by molar-refractivity contribution is 5.82. The van der Waals surface area contributed by atoms with Crippen LogP contribution in [-0.4, -0.2) is 34.9 Å². The van der Waals surface area contributed by atoms with Gasteiger partial charge in [0.2, 0.25) is 5.91 Å². The molecular weight excluding hydrogens is 286 g/mol. The van der Waals surface area contributed by atoms with Crippen molar-refractivity contribution in [3.63, 3.8) is 0 Å². The van der Waals surface area contributed by atoms with Crippen molar-refractivity contribution in [1.29, 1.82) is 0 Å². The third-order valence-corrected chi connectivity index (χ3v) is 4.39. The van der Waals surface area contributed by atoms with Gasteiger partial charge in [0.05, 0.1) is 17.4 Å². The third kappa shape index (κ3) is 3.63. The number of hydrogen-bond acceptors (Lipinski definition) is 3. The van der Waals surface area contributed by atoms with Crippen molar-refractivity contribution in [3.8, 4) is 0 Å². The first-order valence-corrected chi connectivity index (χ1v) is 8.34. The summed E-state index contributed by atoms with van der Waals surface area (Å²) in [6.45, 7) is 7.62. The maximum Gasteiger partial charge on any atom is 0.227 e. The molecule has 4 heteroatoms. The molecule has 0 bridgehead atoms. The molecule has 2 aromatic rings. The number of anilines is 1. The highest BCUT2D eigenvalue weighted by Crippen LogP contribution is 2.23. The number of carbonyl (C=O) groups excluding carboxylic acids is 1. The molecule has 1 fully saturated rings. The van der Waals surface area contributed by atoms with Gasteiger partial charge in [-0.05, 0) is 25.0 Å². The third-order valence-electron chi connectivity index (χ3n) is 4.39. The van der Waals surface area contributed by atoms with Gasteiger partial charge in [0.25, 0.3) is 0 Å². The molecular formula is C19H25N3O. The summed E-state index contributed by atoms with van der Waals surface area (Å²) in [4.78, 5) is 18.8. The Morgan fingerprint density at radius 2 is 1.91 bits per heavy atom. The number of fused-ring (bicyclic) bond motifs is 1. The van der Waals surface area contributed by atoms with Crippen LogP contribution in [0.5, 0.6) is 0 Å². The van der Waals surface area contributed by atoms with Gasteiger partial charge in [-0.25, -0.2) is 0 Å². The molecule has 0 unspecified atom stereocenters. The largest absolute Gasteiger partial charge is 0.381 e. The molecule has 1 amide bonds. The van der Waals surface area contributed by atoms with Crippen molar-refractivity contribution in [2.24, 2.45) is 5.41 Å². The van der Waals surface area contributed by atoms with Crippen LogP contribution in [-0.2, 0) is 4.79 Å². The van der Waals surface area contributed by atoms with E-state index in [-0.39, 0.29) is 11.3 Å². The minimum atomic E-state index is -0.289. The number of aromatic nitrogens is 1. The van der Waals surface area contributed by atoms with Crippen LogP contribution in [0.25, 0.3) is 10.9 Å². The lowest BCUT2D eigenvalue weighted by Gasteiger charge is -2.36. The molecule has 1 saturated heterocycles. The molecule has 1 N–H and O–H groups in total. The van der Waals surface area contributed by atoms with Crippen molar-refractivity contribution in [2.75, 3.05) is 18.4 Å². The van der Waals surface area contributed by atoms with Gasteiger partial charge < -0.3 is 10.2 Å². The number of hydrogen-bond donors (Lipinski definition) is 1. The summed E-state index contributed by atoms with van der Waals surface area (Å²) >= 11 is 0. The Morgan fingerprint density at radius 3 is 2.61 bits per heavy atom. The second-order valence-corrected chi connectivity index (χ2v) is 7.38. The maximum absolute atomic E-state index is 12.3. The predicted molar refractivity (Wildman–Crippen MR) is 94.4 cm³/mol. The van der Waals surface area contributed by atoms with Crippen molar-refractivity contribution in [2.45, 2.75) is 39.7 Å². The molecule has 0 radical (unpaired) electrons. The Balaban J connectivity index is 1.61. The van der Waals surface area contributed by atoms with Gasteiger partial charge in [-0.1, -0.05) is 39.0 Å². The monoisotopic (exact) mass is 311 g/mol. The van der Waals surface area contributed by atoms with Crippen LogP contribution in [0, 0.1) is 5.41 Å². The van der Waals surface area contributed by atoms with Gasteiger partial charge >= 0.3 is 0 Å². The maximum atomic E-state index is 12.3. The van der Waals surface area contributed by atoms with Gasteiger partial charge in [-0.2, -0.15) is 0 Å². The number of piperidine rings is 1. The number of benzene rings is 1. The number of para-hydroxylation sites is 1. The number of pyridine rings is 1. The molecule has 23 heavy (non-hydrogen) atoms. The first kappa shape index (κ1) is 15.8. The lowest BCUT2D eigenvalue weighted by molar-refractivity contribution is -0.140. The average Bonchev–Trinajstić information content (AvgIpc) is 2.54. The van der Waals surface area contributed by atoms with E-state index in [1.165, 1.54) is 0 Å². The molecule has 1 aromatic heterocycles. The van der Waals surface area contributed by atoms with E-state index in [9.17, 15) is 4.79 Å². The van der Waals surface area contributed by atoms with Gasteiger partial charge in [-0.3, -0.25) is 9.78 Å². The zero-order chi connectivity index (χ0) is 16.4. The van der Waals surface area contributed by atoms with Crippen LogP contribution in [0.4, 0.5) is 5.69 Å². The van der Waals surface area contributed by atoms with E-state index < -0.39 is 0 Å². The highest BCUT2D eigenvalue weighted by atomic mass is 16.2. The standard InChI is InChI=1S/C19H25N3O/c1-19(2,3)18(23)22-10-8-15(9-11-22)21-16-12-14-6-4-5-7-17(14)20-13-16/h4-7,12-13,15,21H,8-11H2,1-3H3. The van der Waals surface area contributed by atoms with Crippen LogP contribution >= 0.6 is 0 Å². The molecule has 2 heterocycles. The molecule has 0 spiro atoms. The molecule has 0 saturated carbocycles. The van der Waals surface area contributed by atoms with Crippen molar-refractivity contribution < 1.29 is 4.79 Å². The lowest BCUT2D eigenvalue weighted by Crippen LogP contribution is -2.46. The van der Waals surface area contributed by atoms with Crippen LogP contribution in [0.2, 0.25) is 0 Å². The Labute approximate surface area is 137 Å². The summed E-state index contributed by atoms with van der Waals surface area (Å²) in [6, 6.07) is 10.7. The fourth-order valence-corrected chi connectivity index (χ4v) is 3.09. The summed E-state index contributed by atoms with van der Waals surface area (Å²) in [5, 5.41) is 4.72. The van der Waals surface area contributed by atoms with E-state index in [0.717, 1.165) is 42.5 Å². The topological polar surface area (TPSA) is 45.2 Å². The predicted octanol–water partition coefficient (Wildman–Crippen LogP) is 3.68. The number of nitrogens with zero attached hydrogens (tertiary/aromatic N) is 2. The first-order valence-electron chi connectivity index (χ1n) is 8.34. The van der Waals surface area contributed by atoms with E-state index in [1.807, 2.05) is 50.1 Å². The number of carbonyl (C=O) groups is 1. The first-order chi connectivity index (χ1) is 10.9. The summed E-state index contributed by atoms with van der Waals surface area (Å²) in [6.07, 6.45) is 3.86. The SMILES string of the molecule is CC(C)(C)C(=O)N1CCC(Nc2cnc3ccccc3c2)CC1. The lowest BCUT2D eigenvalue weighted by atomic mass is 9.93. The molecule has 1 aromatic carbocycles. The molecule has 1 aliphatic heterocycles. The second kappa shape index (κ2) is 6.19. The van der Waals surface area contributed by atoms with Gasteiger partial charge in [0.15, 0.2) is 0 Å². The summed E-state index contributed by atoms with van der Waals surface area (Å²) in [7, 11) is 0.